The van der Waals surface area contributed by atoms with Gasteiger partial charge in [-0.2, -0.15) is 0 Å². The number of benzene rings is 1. The maximum Gasteiger partial charge on any atom is 0.273 e. The molecule has 0 saturated carbocycles. The Balaban J connectivity index is 0.00000144. The Labute approximate surface area is 157 Å². The maximum atomic E-state index is 12.9. The molecular formula is C16H20Cl2FN3OS. The Bertz CT molecular complexity index is 666. The molecule has 1 fully saturated rings. The normalized spacial score (nSPS) is 16.4. The Hall–Kier alpha value is -1.21. The molecular weight excluding hydrogens is 372 g/mol. The van der Waals surface area contributed by atoms with E-state index in [1.165, 1.54) is 23.5 Å². The minimum absolute atomic E-state index is 0. The van der Waals surface area contributed by atoms with E-state index in [0.717, 1.165) is 30.0 Å². The first-order valence-electron chi connectivity index (χ1n) is 7.37. The highest BCUT2D eigenvalue weighted by molar-refractivity contribution is 7.09. The second kappa shape index (κ2) is 9.32. The van der Waals surface area contributed by atoms with Crippen LogP contribution in [0, 0.1) is 5.82 Å². The van der Waals surface area contributed by atoms with Gasteiger partial charge in [0.1, 0.15) is 11.5 Å². The summed E-state index contributed by atoms with van der Waals surface area (Å²) in [5.41, 5.74) is 7.19. The van der Waals surface area contributed by atoms with E-state index < -0.39 is 0 Å². The van der Waals surface area contributed by atoms with Crippen LogP contribution in [0.4, 0.5) is 4.39 Å². The second-order valence-corrected chi connectivity index (χ2v) is 6.40. The van der Waals surface area contributed by atoms with Crippen molar-refractivity contribution in [3.05, 3.63) is 51.7 Å². The molecule has 0 spiro atoms. The summed E-state index contributed by atoms with van der Waals surface area (Å²) in [6.07, 6.45) is 2.58. The Morgan fingerprint density at radius 3 is 2.71 bits per heavy atom. The van der Waals surface area contributed by atoms with Gasteiger partial charge < -0.3 is 10.6 Å². The number of hydrogen-bond acceptors (Lipinski definition) is 4. The molecule has 8 heteroatoms. The Morgan fingerprint density at radius 1 is 1.33 bits per heavy atom. The number of amides is 1. The van der Waals surface area contributed by atoms with Crippen molar-refractivity contribution in [2.24, 2.45) is 5.73 Å². The van der Waals surface area contributed by atoms with Crippen LogP contribution in [-0.4, -0.2) is 34.9 Å². The van der Waals surface area contributed by atoms with Crippen molar-refractivity contribution >= 4 is 42.1 Å². The van der Waals surface area contributed by atoms with E-state index in [2.05, 4.69) is 4.98 Å². The highest BCUT2D eigenvalue weighted by atomic mass is 35.5. The number of carbonyl (C=O) groups is 1. The van der Waals surface area contributed by atoms with Crippen molar-refractivity contribution in [2.45, 2.75) is 25.3 Å². The molecule has 2 aromatic rings. The van der Waals surface area contributed by atoms with Crippen LogP contribution in [0.5, 0.6) is 0 Å². The van der Waals surface area contributed by atoms with Crippen molar-refractivity contribution in [3.8, 4) is 0 Å². The number of rotatable bonds is 4. The van der Waals surface area contributed by atoms with Gasteiger partial charge >= 0.3 is 0 Å². The third-order valence-electron chi connectivity index (χ3n) is 3.95. The maximum absolute atomic E-state index is 12.9. The van der Waals surface area contributed by atoms with Gasteiger partial charge in [-0.1, -0.05) is 12.1 Å². The zero-order valence-corrected chi connectivity index (χ0v) is 15.4. The quantitative estimate of drug-likeness (QED) is 0.869. The fourth-order valence-corrected chi connectivity index (χ4v) is 3.56. The topological polar surface area (TPSA) is 59.2 Å². The Kier molecular flexibility index (Phi) is 8.09. The van der Waals surface area contributed by atoms with Gasteiger partial charge in [-0.15, -0.1) is 36.2 Å². The number of nitrogens with zero attached hydrogens (tertiary/aromatic N) is 2. The van der Waals surface area contributed by atoms with Crippen molar-refractivity contribution in [1.82, 2.24) is 9.88 Å². The standard InChI is InChI=1S/C16H18FN3OS.2ClH/c17-12-5-3-11(4-6-12)8-15-19-14(10-22-15)16(21)20-7-1-2-13(20)9-18;;/h3-6,10,13H,1-2,7-9,18H2;2*1H. The molecule has 132 valence electrons. The van der Waals surface area contributed by atoms with E-state index in [-0.39, 0.29) is 42.6 Å². The summed E-state index contributed by atoms with van der Waals surface area (Å²) in [5.74, 6) is -0.282. The minimum atomic E-state index is -0.249. The summed E-state index contributed by atoms with van der Waals surface area (Å²) < 4.78 is 12.9. The average molecular weight is 392 g/mol. The van der Waals surface area contributed by atoms with Crippen LogP contribution < -0.4 is 5.73 Å². The molecule has 1 amide bonds. The van der Waals surface area contributed by atoms with Gasteiger partial charge in [-0.25, -0.2) is 9.37 Å². The average Bonchev–Trinajstić information content (AvgIpc) is 3.17. The molecule has 4 nitrogen and oxygen atoms in total. The van der Waals surface area contributed by atoms with Gasteiger partial charge in [-0.3, -0.25) is 4.79 Å². The summed E-state index contributed by atoms with van der Waals surface area (Å²) in [7, 11) is 0. The van der Waals surface area contributed by atoms with E-state index in [0.29, 0.717) is 18.7 Å². The van der Waals surface area contributed by atoms with Crippen LogP contribution in [0.25, 0.3) is 0 Å². The molecule has 0 bridgehead atoms. The summed E-state index contributed by atoms with van der Waals surface area (Å²) in [6, 6.07) is 6.48. The van der Waals surface area contributed by atoms with E-state index in [4.69, 9.17) is 5.73 Å². The molecule has 0 aliphatic carbocycles. The van der Waals surface area contributed by atoms with Crippen LogP contribution in [0.15, 0.2) is 29.6 Å². The number of thiazole rings is 1. The number of carbonyl (C=O) groups excluding carboxylic acids is 1. The van der Waals surface area contributed by atoms with Crippen LogP contribution >= 0.6 is 36.2 Å². The molecule has 1 aliphatic heterocycles. The molecule has 1 saturated heterocycles. The largest absolute Gasteiger partial charge is 0.333 e. The summed E-state index contributed by atoms with van der Waals surface area (Å²) in [6.45, 7) is 1.25. The SMILES string of the molecule is Cl.Cl.NCC1CCCN1C(=O)c1csc(Cc2ccc(F)cc2)n1. The molecule has 24 heavy (non-hydrogen) atoms. The predicted octanol–water partition coefficient (Wildman–Crippen LogP) is 3.28. The van der Waals surface area contributed by atoms with Crippen LogP contribution in [0.3, 0.4) is 0 Å². The third-order valence-corrected chi connectivity index (χ3v) is 4.80. The highest BCUT2D eigenvalue weighted by Crippen LogP contribution is 2.21. The van der Waals surface area contributed by atoms with Gasteiger partial charge in [0.05, 0.1) is 5.01 Å². The van der Waals surface area contributed by atoms with Crippen molar-refractivity contribution in [1.29, 1.82) is 0 Å². The smallest absolute Gasteiger partial charge is 0.273 e. The molecule has 0 radical (unpaired) electrons. The number of hydrogen-bond donors (Lipinski definition) is 1. The van der Waals surface area contributed by atoms with E-state index >= 15 is 0 Å². The lowest BCUT2D eigenvalue weighted by molar-refractivity contribution is 0.0736. The monoisotopic (exact) mass is 391 g/mol. The van der Waals surface area contributed by atoms with Crippen molar-refractivity contribution in [2.75, 3.05) is 13.1 Å². The van der Waals surface area contributed by atoms with Crippen LogP contribution in [0.1, 0.15) is 33.9 Å². The summed E-state index contributed by atoms with van der Waals surface area (Å²) in [5, 5.41) is 2.66. The van der Waals surface area contributed by atoms with Crippen LogP contribution in [0.2, 0.25) is 0 Å². The number of nitrogens with two attached hydrogens (primary N) is 1. The van der Waals surface area contributed by atoms with E-state index in [9.17, 15) is 9.18 Å². The first-order chi connectivity index (χ1) is 10.7. The van der Waals surface area contributed by atoms with Gasteiger partial charge in [0.25, 0.3) is 5.91 Å². The number of aromatic nitrogens is 1. The van der Waals surface area contributed by atoms with Crippen molar-refractivity contribution in [3.63, 3.8) is 0 Å². The van der Waals surface area contributed by atoms with Gasteiger partial charge in [-0.05, 0) is 30.5 Å². The second-order valence-electron chi connectivity index (χ2n) is 5.46. The van der Waals surface area contributed by atoms with Gasteiger partial charge in [0, 0.05) is 30.9 Å². The molecule has 1 aromatic carbocycles. The van der Waals surface area contributed by atoms with Crippen molar-refractivity contribution < 1.29 is 9.18 Å². The molecule has 2 heterocycles. The van der Waals surface area contributed by atoms with Gasteiger partial charge in [0.2, 0.25) is 0 Å². The molecule has 1 aromatic heterocycles. The fourth-order valence-electron chi connectivity index (χ4n) is 2.76. The van der Waals surface area contributed by atoms with Crippen LogP contribution in [-0.2, 0) is 6.42 Å². The number of halogens is 3. The third kappa shape index (κ3) is 4.66. The zero-order chi connectivity index (χ0) is 15.5. The zero-order valence-electron chi connectivity index (χ0n) is 13.0. The summed E-state index contributed by atoms with van der Waals surface area (Å²) in [4.78, 5) is 18.8. The van der Waals surface area contributed by atoms with E-state index in [1.807, 2.05) is 4.90 Å². The fraction of sp³-hybridized carbons (Fsp3) is 0.375. The Morgan fingerprint density at radius 2 is 2.04 bits per heavy atom. The number of likely N-dealkylation sites (tertiary alicyclic amines) is 1. The lowest BCUT2D eigenvalue weighted by Gasteiger charge is -2.22. The van der Waals surface area contributed by atoms with E-state index in [1.54, 1.807) is 17.5 Å². The first-order valence-corrected chi connectivity index (χ1v) is 8.25. The first kappa shape index (κ1) is 20.8. The molecule has 1 unspecified atom stereocenters. The predicted molar refractivity (Wildman–Crippen MR) is 98.9 cm³/mol. The molecule has 1 atom stereocenters. The van der Waals surface area contributed by atoms with Gasteiger partial charge in [0.15, 0.2) is 0 Å². The molecule has 3 rings (SSSR count). The molecule has 2 N–H and O–H groups in total. The lowest BCUT2D eigenvalue weighted by atomic mass is 10.1. The summed E-state index contributed by atoms with van der Waals surface area (Å²) >= 11 is 1.46. The lowest BCUT2D eigenvalue weighted by Crippen LogP contribution is -2.40. The molecule has 1 aliphatic rings. The minimum Gasteiger partial charge on any atom is -0.333 e. The highest BCUT2D eigenvalue weighted by Gasteiger charge is 2.29.